The van der Waals surface area contributed by atoms with Crippen LogP contribution in [0.5, 0.6) is 0 Å². The molecule has 0 bridgehead atoms. The Labute approximate surface area is 152 Å². The summed E-state index contributed by atoms with van der Waals surface area (Å²) in [6, 6.07) is 6.42. The fourth-order valence-electron chi connectivity index (χ4n) is 2.52. The first kappa shape index (κ1) is 19.0. The molecule has 25 heavy (non-hydrogen) atoms. The first-order valence-electron chi connectivity index (χ1n) is 8.15. The van der Waals surface area contributed by atoms with E-state index in [1.165, 1.54) is 0 Å². The lowest BCUT2D eigenvalue weighted by Gasteiger charge is -2.09. The third kappa shape index (κ3) is 5.06. The maximum atomic E-state index is 12.2. The molecule has 0 aliphatic heterocycles. The summed E-state index contributed by atoms with van der Waals surface area (Å²) in [5, 5.41) is 5.04. The molecule has 134 valence electrons. The molecule has 7 heteroatoms. The van der Waals surface area contributed by atoms with Crippen molar-refractivity contribution in [3.05, 3.63) is 51.8 Å². The van der Waals surface area contributed by atoms with Gasteiger partial charge in [-0.05, 0) is 44.0 Å². The monoisotopic (exact) mass is 362 g/mol. The van der Waals surface area contributed by atoms with Crippen LogP contribution in [-0.4, -0.2) is 21.6 Å². The Hall–Kier alpha value is -2.34. The van der Waals surface area contributed by atoms with Crippen LogP contribution in [0.3, 0.4) is 0 Å². The summed E-state index contributed by atoms with van der Waals surface area (Å²) in [7, 11) is 0. The first-order chi connectivity index (χ1) is 11.8. The summed E-state index contributed by atoms with van der Waals surface area (Å²) in [5.41, 5.74) is 7.96. The zero-order chi connectivity index (χ0) is 18.6. The average molecular weight is 363 g/mol. The molecule has 0 fully saturated rings. The molecule has 2 rings (SSSR count). The van der Waals surface area contributed by atoms with Crippen LogP contribution in [-0.2, 0) is 17.8 Å². The highest BCUT2D eigenvalue weighted by Crippen LogP contribution is 2.15. The summed E-state index contributed by atoms with van der Waals surface area (Å²) >= 11 is 5.79. The van der Waals surface area contributed by atoms with Gasteiger partial charge in [0.1, 0.15) is 0 Å². The van der Waals surface area contributed by atoms with E-state index in [9.17, 15) is 9.59 Å². The molecule has 0 saturated carbocycles. The molecular formula is C18H23ClN4O2. The number of carbonyl (C=O) groups is 2. The number of hydrogen-bond donors (Lipinski definition) is 2. The minimum absolute atomic E-state index is 0.163. The molecule has 0 spiro atoms. The van der Waals surface area contributed by atoms with Gasteiger partial charge < -0.3 is 0 Å². The smallest absolute Gasteiger partial charge is 0.269 e. The molecule has 0 unspecified atom stereocenters. The van der Waals surface area contributed by atoms with Crippen molar-refractivity contribution in [1.82, 2.24) is 20.6 Å². The van der Waals surface area contributed by atoms with Crippen LogP contribution in [0.25, 0.3) is 0 Å². The van der Waals surface area contributed by atoms with Crippen LogP contribution in [0.15, 0.2) is 24.3 Å². The Morgan fingerprint density at radius 2 is 1.80 bits per heavy atom. The number of aryl methyl sites for hydroxylation is 1. The van der Waals surface area contributed by atoms with E-state index >= 15 is 0 Å². The van der Waals surface area contributed by atoms with Crippen LogP contribution >= 0.6 is 11.6 Å². The number of hydrogen-bond acceptors (Lipinski definition) is 3. The Bertz CT molecular complexity index is 766. The van der Waals surface area contributed by atoms with Crippen molar-refractivity contribution in [2.24, 2.45) is 5.92 Å². The third-order valence-electron chi connectivity index (χ3n) is 3.83. The van der Waals surface area contributed by atoms with Gasteiger partial charge in [0.25, 0.3) is 5.91 Å². The Morgan fingerprint density at radius 1 is 1.16 bits per heavy atom. The van der Waals surface area contributed by atoms with Crippen LogP contribution in [0.1, 0.15) is 41.2 Å². The Morgan fingerprint density at radius 3 is 2.40 bits per heavy atom. The second-order valence-corrected chi connectivity index (χ2v) is 6.85. The number of rotatable bonds is 5. The lowest BCUT2D eigenvalue weighted by atomic mass is 10.1. The van der Waals surface area contributed by atoms with Gasteiger partial charge in [0.2, 0.25) is 5.91 Å². The number of benzene rings is 1. The number of hydrazine groups is 1. The predicted octanol–water partition coefficient (Wildman–Crippen LogP) is 2.81. The minimum Gasteiger partial charge on any atom is -0.273 e. The van der Waals surface area contributed by atoms with Gasteiger partial charge in [0, 0.05) is 28.4 Å². The minimum atomic E-state index is -0.394. The topological polar surface area (TPSA) is 76.0 Å². The van der Waals surface area contributed by atoms with E-state index in [0.29, 0.717) is 16.5 Å². The van der Waals surface area contributed by atoms with E-state index in [-0.39, 0.29) is 12.3 Å². The molecule has 2 aromatic rings. The molecule has 0 radical (unpaired) electrons. The first-order valence-corrected chi connectivity index (χ1v) is 8.53. The number of amides is 2. The van der Waals surface area contributed by atoms with Crippen molar-refractivity contribution >= 4 is 23.4 Å². The fourth-order valence-corrected chi connectivity index (χ4v) is 2.64. The maximum absolute atomic E-state index is 12.2. The lowest BCUT2D eigenvalue weighted by molar-refractivity contribution is -0.121. The molecule has 0 atom stereocenters. The van der Waals surface area contributed by atoms with Crippen LogP contribution in [0.2, 0.25) is 5.02 Å². The third-order valence-corrected chi connectivity index (χ3v) is 4.08. The number of nitrogens with zero attached hydrogens (tertiary/aromatic N) is 2. The molecule has 6 nitrogen and oxygen atoms in total. The lowest BCUT2D eigenvalue weighted by Crippen LogP contribution is -2.42. The normalized spacial score (nSPS) is 10.8. The van der Waals surface area contributed by atoms with Crippen LogP contribution in [0.4, 0.5) is 0 Å². The second kappa shape index (κ2) is 8.16. The SMILES string of the molecule is Cc1nn(CC(C)C)c(C)c1CC(=O)NNC(=O)c1ccc(Cl)cc1. The number of aromatic nitrogens is 2. The van der Waals surface area contributed by atoms with E-state index in [2.05, 4.69) is 29.8 Å². The molecule has 0 aliphatic carbocycles. The highest BCUT2D eigenvalue weighted by molar-refractivity contribution is 6.30. The highest BCUT2D eigenvalue weighted by atomic mass is 35.5. The number of carbonyl (C=O) groups excluding carboxylic acids is 2. The zero-order valence-electron chi connectivity index (χ0n) is 14.9. The Balaban J connectivity index is 1.95. The van der Waals surface area contributed by atoms with E-state index in [1.807, 2.05) is 18.5 Å². The summed E-state index contributed by atoms with van der Waals surface area (Å²) in [5.74, 6) is -0.218. The maximum Gasteiger partial charge on any atom is 0.269 e. The molecule has 1 heterocycles. The largest absolute Gasteiger partial charge is 0.273 e. The van der Waals surface area contributed by atoms with E-state index in [0.717, 1.165) is 23.5 Å². The summed E-state index contributed by atoms with van der Waals surface area (Å²) in [4.78, 5) is 24.1. The van der Waals surface area contributed by atoms with Crippen molar-refractivity contribution in [3.8, 4) is 0 Å². The molecule has 1 aromatic heterocycles. The van der Waals surface area contributed by atoms with Crippen molar-refractivity contribution < 1.29 is 9.59 Å². The molecule has 2 N–H and O–H groups in total. The van der Waals surface area contributed by atoms with E-state index in [4.69, 9.17) is 11.6 Å². The van der Waals surface area contributed by atoms with Crippen molar-refractivity contribution in [1.29, 1.82) is 0 Å². The number of halogens is 1. The molecule has 0 saturated heterocycles. The average Bonchev–Trinajstić information content (AvgIpc) is 2.80. The summed E-state index contributed by atoms with van der Waals surface area (Å²) < 4.78 is 1.93. The molecular weight excluding hydrogens is 340 g/mol. The van der Waals surface area contributed by atoms with Crippen LogP contribution < -0.4 is 10.9 Å². The summed E-state index contributed by atoms with van der Waals surface area (Å²) in [6.07, 6.45) is 0.163. The van der Waals surface area contributed by atoms with Crippen molar-refractivity contribution in [2.45, 2.75) is 40.7 Å². The van der Waals surface area contributed by atoms with Gasteiger partial charge in [-0.25, -0.2) is 0 Å². The van der Waals surface area contributed by atoms with E-state index < -0.39 is 5.91 Å². The zero-order valence-corrected chi connectivity index (χ0v) is 15.6. The van der Waals surface area contributed by atoms with Gasteiger partial charge >= 0.3 is 0 Å². The van der Waals surface area contributed by atoms with Gasteiger partial charge in [0.05, 0.1) is 12.1 Å². The Kier molecular flexibility index (Phi) is 6.20. The molecule has 0 aliphatic rings. The van der Waals surface area contributed by atoms with Crippen LogP contribution in [0, 0.1) is 19.8 Å². The fraction of sp³-hybridized carbons (Fsp3) is 0.389. The summed E-state index contributed by atoms with van der Waals surface area (Å²) in [6.45, 7) is 8.89. The van der Waals surface area contributed by atoms with Crippen molar-refractivity contribution in [3.63, 3.8) is 0 Å². The van der Waals surface area contributed by atoms with Gasteiger partial charge in [-0.15, -0.1) is 0 Å². The second-order valence-electron chi connectivity index (χ2n) is 6.41. The number of nitrogens with one attached hydrogen (secondary N) is 2. The predicted molar refractivity (Wildman–Crippen MR) is 97.3 cm³/mol. The van der Waals surface area contributed by atoms with Gasteiger partial charge in [-0.3, -0.25) is 25.1 Å². The van der Waals surface area contributed by atoms with Gasteiger partial charge in [-0.2, -0.15) is 5.10 Å². The molecule has 1 aromatic carbocycles. The van der Waals surface area contributed by atoms with E-state index in [1.54, 1.807) is 24.3 Å². The van der Waals surface area contributed by atoms with Gasteiger partial charge in [0.15, 0.2) is 0 Å². The van der Waals surface area contributed by atoms with Gasteiger partial charge in [-0.1, -0.05) is 25.4 Å². The standard InChI is InChI=1S/C18H23ClN4O2/c1-11(2)10-23-13(4)16(12(3)22-23)9-17(24)20-21-18(25)14-5-7-15(19)8-6-14/h5-8,11H,9-10H2,1-4H3,(H,20,24)(H,21,25). The quantitative estimate of drug-likeness (QED) is 0.803. The molecule has 2 amide bonds. The highest BCUT2D eigenvalue weighted by Gasteiger charge is 2.16. The van der Waals surface area contributed by atoms with Crippen molar-refractivity contribution in [2.75, 3.05) is 0 Å².